The fourth-order valence-electron chi connectivity index (χ4n) is 2.11. The molecular formula is C16H21N3O2. The third-order valence-electron chi connectivity index (χ3n) is 3.38. The van der Waals surface area contributed by atoms with E-state index in [1.165, 1.54) is 5.56 Å². The van der Waals surface area contributed by atoms with Crippen molar-refractivity contribution >= 4 is 5.97 Å². The first-order valence-electron chi connectivity index (χ1n) is 7.18. The number of hydrogen-bond donors (Lipinski definition) is 0. The molecule has 2 aromatic rings. The fraction of sp³-hybridized carbons (Fsp3) is 0.438. The van der Waals surface area contributed by atoms with Gasteiger partial charge in [-0.1, -0.05) is 38.1 Å². The summed E-state index contributed by atoms with van der Waals surface area (Å²) in [6.07, 6.45) is 0. The Hall–Kier alpha value is -2.17. The van der Waals surface area contributed by atoms with Crippen LogP contribution in [0.5, 0.6) is 0 Å². The number of benzene rings is 1. The summed E-state index contributed by atoms with van der Waals surface area (Å²) >= 11 is 0. The Kier molecular flexibility index (Phi) is 4.73. The monoisotopic (exact) mass is 287 g/mol. The number of nitrogens with zero attached hydrogens (tertiary/aromatic N) is 3. The molecule has 0 fully saturated rings. The maximum atomic E-state index is 11.9. The Morgan fingerprint density at radius 1 is 1.24 bits per heavy atom. The van der Waals surface area contributed by atoms with Gasteiger partial charge in [0.1, 0.15) is 5.82 Å². The van der Waals surface area contributed by atoms with Crippen molar-refractivity contribution in [2.75, 3.05) is 6.61 Å². The summed E-state index contributed by atoms with van der Waals surface area (Å²) in [5, 5.41) is 7.89. The number of carbonyl (C=O) groups is 1. The van der Waals surface area contributed by atoms with E-state index in [1.807, 2.05) is 6.92 Å². The molecule has 0 saturated carbocycles. The predicted molar refractivity (Wildman–Crippen MR) is 80.3 cm³/mol. The molecule has 0 saturated heterocycles. The van der Waals surface area contributed by atoms with E-state index >= 15 is 0 Å². The molecule has 0 amide bonds. The molecule has 1 heterocycles. The van der Waals surface area contributed by atoms with Crippen molar-refractivity contribution < 1.29 is 9.53 Å². The molecule has 0 atom stereocenters. The van der Waals surface area contributed by atoms with Crippen LogP contribution in [0.2, 0.25) is 0 Å². The van der Waals surface area contributed by atoms with Gasteiger partial charge in [0.05, 0.1) is 13.2 Å². The van der Waals surface area contributed by atoms with Gasteiger partial charge in [0.2, 0.25) is 5.82 Å². The average Bonchev–Trinajstić information content (AvgIpc) is 2.81. The number of hydrogen-bond acceptors (Lipinski definition) is 4. The largest absolute Gasteiger partial charge is 0.460 e. The highest BCUT2D eigenvalue weighted by molar-refractivity contribution is 5.85. The van der Waals surface area contributed by atoms with Gasteiger partial charge in [-0.05, 0) is 30.9 Å². The number of carbonyl (C=O) groups excluding carboxylic acids is 1. The smallest absolute Gasteiger partial charge is 0.376 e. The third kappa shape index (κ3) is 3.48. The van der Waals surface area contributed by atoms with Gasteiger partial charge >= 0.3 is 5.97 Å². The van der Waals surface area contributed by atoms with Gasteiger partial charge in [-0.2, -0.15) is 0 Å². The minimum absolute atomic E-state index is 0.252. The first kappa shape index (κ1) is 15.2. The first-order chi connectivity index (χ1) is 10.0. The van der Waals surface area contributed by atoms with Gasteiger partial charge < -0.3 is 9.30 Å². The zero-order valence-corrected chi connectivity index (χ0v) is 13.0. The normalized spacial score (nSPS) is 10.9. The number of esters is 1. The van der Waals surface area contributed by atoms with Crippen LogP contribution in [0.4, 0.5) is 0 Å². The highest BCUT2D eigenvalue weighted by Gasteiger charge is 2.18. The van der Waals surface area contributed by atoms with Gasteiger partial charge in [0.15, 0.2) is 0 Å². The molecule has 2 rings (SSSR count). The predicted octanol–water partition coefficient (Wildman–Crippen LogP) is 2.93. The van der Waals surface area contributed by atoms with E-state index in [1.54, 1.807) is 11.5 Å². The van der Waals surface area contributed by atoms with Crippen molar-refractivity contribution in [3.63, 3.8) is 0 Å². The summed E-state index contributed by atoms with van der Waals surface area (Å²) in [6, 6.07) is 8.38. The Morgan fingerprint density at radius 3 is 2.48 bits per heavy atom. The molecule has 0 unspecified atom stereocenters. The molecule has 0 radical (unpaired) electrons. The molecule has 1 aromatic carbocycles. The topological polar surface area (TPSA) is 57.0 Å². The van der Waals surface area contributed by atoms with Crippen molar-refractivity contribution in [1.29, 1.82) is 0 Å². The van der Waals surface area contributed by atoms with E-state index in [2.05, 4.69) is 48.3 Å². The molecule has 21 heavy (non-hydrogen) atoms. The van der Waals surface area contributed by atoms with Crippen LogP contribution < -0.4 is 0 Å². The molecule has 0 bridgehead atoms. The average molecular weight is 287 g/mol. The molecule has 112 valence electrons. The maximum Gasteiger partial charge on any atom is 0.376 e. The van der Waals surface area contributed by atoms with Crippen molar-refractivity contribution in [3.8, 4) is 0 Å². The van der Waals surface area contributed by atoms with Gasteiger partial charge in [0, 0.05) is 0 Å². The summed E-state index contributed by atoms with van der Waals surface area (Å²) in [4.78, 5) is 11.9. The number of ether oxygens (including phenoxy) is 1. The Bertz CT molecular complexity index is 615. The molecular weight excluding hydrogens is 266 g/mol. The number of aromatic nitrogens is 3. The summed E-state index contributed by atoms with van der Waals surface area (Å²) in [5.41, 5.74) is 2.40. The third-order valence-corrected chi connectivity index (χ3v) is 3.38. The highest BCUT2D eigenvalue weighted by atomic mass is 16.5. The van der Waals surface area contributed by atoms with E-state index in [0.717, 1.165) is 5.56 Å². The van der Waals surface area contributed by atoms with Crippen LogP contribution in [0.1, 0.15) is 54.3 Å². The van der Waals surface area contributed by atoms with Crippen molar-refractivity contribution in [3.05, 3.63) is 47.0 Å². The summed E-state index contributed by atoms with van der Waals surface area (Å²) < 4.78 is 6.79. The lowest BCUT2D eigenvalue weighted by atomic mass is 10.0. The van der Waals surface area contributed by atoms with Crippen LogP contribution in [0.3, 0.4) is 0 Å². The molecule has 0 spiro atoms. The van der Waals surface area contributed by atoms with E-state index < -0.39 is 5.97 Å². The van der Waals surface area contributed by atoms with Crippen LogP contribution in [-0.4, -0.2) is 27.3 Å². The summed E-state index contributed by atoms with van der Waals surface area (Å²) in [5.74, 6) is 1.02. The Labute approximate surface area is 125 Å². The molecule has 0 aliphatic rings. The van der Waals surface area contributed by atoms with Crippen LogP contribution in [0.25, 0.3) is 0 Å². The number of rotatable bonds is 5. The lowest BCUT2D eigenvalue weighted by molar-refractivity contribution is 0.0506. The van der Waals surface area contributed by atoms with Gasteiger partial charge in [-0.25, -0.2) is 4.79 Å². The van der Waals surface area contributed by atoms with Crippen LogP contribution in [0, 0.1) is 6.92 Å². The Morgan fingerprint density at radius 2 is 1.90 bits per heavy atom. The minimum Gasteiger partial charge on any atom is -0.460 e. The zero-order valence-electron chi connectivity index (χ0n) is 13.0. The quantitative estimate of drug-likeness (QED) is 0.793. The van der Waals surface area contributed by atoms with Crippen molar-refractivity contribution in [2.45, 2.75) is 40.2 Å². The molecule has 0 N–H and O–H groups in total. The van der Waals surface area contributed by atoms with Crippen molar-refractivity contribution in [1.82, 2.24) is 14.8 Å². The molecule has 0 aliphatic carbocycles. The Balaban J connectivity index is 2.23. The highest BCUT2D eigenvalue weighted by Crippen LogP contribution is 2.16. The molecule has 5 nitrogen and oxygen atoms in total. The fourth-order valence-corrected chi connectivity index (χ4v) is 2.11. The van der Waals surface area contributed by atoms with Crippen molar-refractivity contribution in [2.24, 2.45) is 0 Å². The van der Waals surface area contributed by atoms with E-state index in [4.69, 9.17) is 4.74 Å². The summed E-state index contributed by atoms with van der Waals surface area (Å²) in [7, 11) is 0. The number of aryl methyl sites for hydroxylation is 1. The second kappa shape index (κ2) is 6.52. The second-order valence-electron chi connectivity index (χ2n) is 5.27. The van der Waals surface area contributed by atoms with Crippen LogP contribution in [-0.2, 0) is 11.3 Å². The van der Waals surface area contributed by atoms with Crippen LogP contribution in [0.15, 0.2) is 24.3 Å². The lowest BCUT2D eigenvalue weighted by Crippen LogP contribution is -2.15. The lowest BCUT2D eigenvalue weighted by Gasteiger charge is -2.10. The summed E-state index contributed by atoms with van der Waals surface area (Å²) in [6.45, 7) is 8.82. The molecule has 5 heteroatoms. The van der Waals surface area contributed by atoms with Gasteiger partial charge in [-0.15, -0.1) is 10.2 Å². The van der Waals surface area contributed by atoms with E-state index in [0.29, 0.717) is 24.9 Å². The van der Waals surface area contributed by atoms with E-state index in [-0.39, 0.29) is 5.82 Å². The van der Waals surface area contributed by atoms with E-state index in [9.17, 15) is 4.79 Å². The SMILES string of the molecule is CCOC(=O)c1nnc(C)n1Cc1ccc(C(C)C)cc1. The zero-order chi connectivity index (χ0) is 15.4. The van der Waals surface area contributed by atoms with Gasteiger partial charge in [0.25, 0.3) is 0 Å². The van der Waals surface area contributed by atoms with Gasteiger partial charge in [-0.3, -0.25) is 0 Å². The minimum atomic E-state index is -0.433. The standard InChI is InChI=1S/C16H21N3O2/c1-5-21-16(20)15-18-17-12(4)19(15)10-13-6-8-14(9-7-13)11(2)3/h6-9,11H,5,10H2,1-4H3. The van der Waals surface area contributed by atoms with Crippen LogP contribution >= 0.6 is 0 Å². The molecule has 0 aliphatic heterocycles. The maximum absolute atomic E-state index is 11.9. The second-order valence-corrected chi connectivity index (χ2v) is 5.27. The molecule has 1 aromatic heterocycles. The first-order valence-corrected chi connectivity index (χ1v) is 7.18.